The zero-order valence-corrected chi connectivity index (χ0v) is 5.56. The Labute approximate surface area is 58.8 Å². The second-order valence-electron chi connectivity index (χ2n) is 1.64. The van der Waals surface area contributed by atoms with Crippen LogP contribution in [0.1, 0.15) is 0 Å². The minimum atomic E-state index is -0.237. The Hall–Kier alpha value is -0.650. The van der Waals surface area contributed by atoms with Crippen molar-refractivity contribution in [3.05, 3.63) is 0 Å². The molecule has 5 heteroatoms. The van der Waals surface area contributed by atoms with E-state index in [-0.39, 0.29) is 20.1 Å². The van der Waals surface area contributed by atoms with Crippen molar-refractivity contribution in [2.45, 2.75) is 0 Å². The van der Waals surface area contributed by atoms with Gasteiger partial charge in [-0.25, -0.2) is 0 Å². The first kappa shape index (κ1) is 9.35. The lowest BCUT2D eigenvalue weighted by Crippen LogP contribution is -2.29. The van der Waals surface area contributed by atoms with Crippen LogP contribution < -0.4 is 0 Å². The van der Waals surface area contributed by atoms with Crippen LogP contribution in [-0.4, -0.2) is 48.2 Å². The number of aliphatic hydroxyl groups excluding tert-OH is 2. The van der Waals surface area contributed by atoms with Crippen molar-refractivity contribution in [2.75, 3.05) is 26.6 Å². The lowest BCUT2D eigenvalue weighted by molar-refractivity contribution is -0.129. The van der Waals surface area contributed by atoms with E-state index in [0.29, 0.717) is 13.0 Å². The summed E-state index contributed by atoms with van der Waals surface area (Å²) < 4.78 is 4.32. The van der Waals surface area contributed by atoms with Gasteiger partial charge in [-0.2, -0.15) is 0 Å². The van der Waals surface area contributed by atoms with Gasteiger partial charge in [0.25, 0.3) is 6.47 Å². The molecule has 0 spiro atoms. The largest absolute Gasteiger partial charge is 0.467 e. The molecule has 0 atom stereocenters. The summed E-state index contributed by atoms with van der Waals surface area (Å²) in [5, 5.41) is 16.9. The van der Waals surface area contributed by atoms with Crippen LogP contribution in [0.15, 0.2) is 0 Å². The fourth-order valence-corrected chi connectivity index (χ4v) is 0.416. The minimum absolute atomic E-state index is 0.185. The van der Waals surface area contributed by atoms with Crippen LogP contribution in [-0.2, 0) is 9.53 Å². The molecule has 0 aromatic rings. The first-order chi connectivity index (χ1) is 4.85. The van der Waals surface area contributed by atoms with Crippen molar-refractivity contribution < 1.29 is 19.7 Å². The molecule has 0 unspecified atom stereocenters. The van der Waals surface area contributed by atoms with Gasteiger partial charge in [0.05, 0.1) is 13.5 Å². The second-order valence-corrected chi connectivity index (χ2v) is 1.64. The molecule has 0 aliphatic rings. The van der Waals surface area contributed by atoms with Crippen molar-refractivity contribution in [3.63, 3.8) is 0 Å². The van der Waals surface area contributed by atoms with Gasteiger partial charge in [0, 0.05) is 6.54 Å². The van der Waals surface area contributed by atoms with Gasteiger partial charge in [-0.3, -0.25) is 9.69 Å². The molecule has 0 aromatic heterocycles. The molecule has 0 rings (SSSR count). The van der Waals surface area contributed by atoms with Gasteiger partial charge in [-0.1, -0.05) is 0 Å². The smallest absolute Gasteiger partial charge is 0.293 e. The SMILES string of the molecule is O=COCCN(CO)CO. The van der Waals surface area contributed by atoms with E-state index < -0.39 is 0 Å². The van der Waals surface area contributed by atoms with Crippen LogP contribution in [0.25, 0.3) is 0 Å². The maximum atomic E-state index is 9.60. The fourth-order valence-electron chi connectivity index (χ4n) is 0.416. The molecule has 2 N–H and O–H groups in total. The first-order valence-corrected chi connectivity index (χ1v) is 2.84. The third-order valence-corrected chi connectivity index (χ3v) is 0.993. The second kappa shape index (κ2) is 6.47. The number of hydrogen-bond donors (Lipinski definition) is 2. The van der Waals surface area contributed by atoms with E-state index in [4.69, 9.17) is 10.2 Å². The van der Waals surface area contributed by atoms with Crippen molar-refractivity contribution in [1.82, 2.24) is 4.90 Å². The van der Waals surface area contributed by atoms with E-state index in [1.54, 1.807) is 0 Å². The first-order valence-electron chi connectivity index (χ1n) is 2.84. The molecule has 0 saturated heterocycles. The Morgan fingerprint density at radius 2 is 2.00 bits per heavy atom. The van der Waals surface area contributed by atoms with Crippen molar-refractivity contribution >= 4 is 6.47 Å². The van der Waals surface area contributed by atoms with Crippen molar-refractivity contribution in [3.8, 4) is 0 Å². The Balaban J connectivity index is 3.16. The standard InChI is InChI=1S/C5H11NO4/c7-3-6(4-8)1-2-10-5-9/h5,7-8H,1-4H2. The molecule has 0 saturated carbocycles. The van der Waals surface area contributed by atoms with Gasteiger partial charge in [-0.05, 0) is 0 Å². The minimum Gasteiger partial charge on any atom is -0.467 e. The van der Waals surface area contributed by atoms with E-state index in [1.165, 1.54) is 4.90 Å². The van der Waals surface area contributed by atoms with Crippen LogP contribution in [0.5, 0.6) is 0 Å². The van der Waals surface area contributed by atoms with Gasteiger partial charge in [0.2, 0.25) is 0 Å². The average Bonchev–Trinajstić information content (AvgIpc) is 1.99. The van der Waals surface area contributed by atoms with Crippen LogP contribution in [0.4, 0.5) is 0 Å². The zero-order chi connectivity index (χ0) is 7.82. The lowest BCUT2D eigenvalue weighted by atomic mass is 10.6. The number of carbonyl (C=O) groups excluding carboxylic acids is 1. The van der Waals surface area contributed by atoms with Gasteiger partial charge in [-0.15, -0.1) is 0 Å². The average molecular weight is 149 g/mol. The van der Waals surface area contributed by atoms with E-state index in [9.17, 15) is 4.79 Å². The number of rotatable bonds is 6. The Morgan fingerprint density at radius 1 is 1.40 bits per heavy atom. The highest BCUT2D eigenvalue weighted by Crippen LogP contribution is 1.81. The summed E-state index contributed by atoms with van der Waals surface area (Å²) in [7, 11) is 0. The number of ether oxygens (including phenoxy) is 1. The highest BCUT2D eigenvalue weighted by molar-refractivity contribution is 5.36. The number of aliphatic hydroxyl groups is 2. The molecule has 0 amide bonds. The Bertz CT molecular complexity index is 83.7. The van der Waals surface area contributed by atoms with E-state index in [0.717, 1.165) is 0 Å². The third kappa shape index (κ3) is 4.25. The van der Waals surface area contributed by atoms with E-state index in [2.05, 4.69) is 4.74 Å². The van der Waals surface area contributed by atoms with Gasteiger partial charge in [0.15, 0.2) is 0 Å². The van der Waals surface area contributed by atoms with Crippen LogP contribution in [0.3, 0.4) is 0 Å². The molecule has 0 aliphatic carbocycles. The van der Waals surface area contributed by atoms with Gasteiger partial charge >= 0.3 is 0 Å². The normalized spacial score (nSPS) is 9.90. The quantitative estimate of drug-likeness (QED) is 0.269. The highest BCUT2D eigenvalue weighted by Gasteiger charge is 1.98. The summed E-state index contributed by atoms with van der Waals surface area (Å²) in [5.41, 5.74) is 0. The van der Waals surface area contributed by atoms with Gasteiger partial charge < -0.3 is 14.9 Å². The molecule has 0 heterocycles. The Kier molecular flexibility index (Phi) is 6.05. The molecule has 5 nitrogen and oxygen atoms in total. The molecule has 10 heavy (non-hydrogen) atoms. The number of hydrogen-bond acceptors (Lipinski definition) is 5. The molecule has 0 aliphatic heterocycles. The summed E-state index contributed by atoms with van der Waals surface area (Å²) >= 11 is 0. The van der Waals surface area contributed by atoms with Crippen LogP contribution in [0, 0.1) is 0 Å². The van der Waals surface area contributed by atoms with Crippen LogP contribution >= 0.6 is 0 Å². The maximum Gasteiger partial charge on any atom is 0.293 e. The summed E-state index contributed by atoms with van der Waals surface area (Å²) in [4.78, 5) is 10.9. The summed E-state index contributed by atoms with van der Waals surface area (Å²) in [6.07, 6.45) is 0. The summed E-state index contributed by atoms with van der Waals surface area (Å²) in [6.45, 7) is 0.376. The molecular formula is C5H11NO4. The summed E-state index contributed by atoms with van der Waals surface area (Å²) in [6, 6.07) is 0. The third-order valence-electron chi connectivity index (χ3n) is 0.993. The van der Waals surface area contributed by atoms with E-state index in [1.807, 2.05) is 0 Å². The molecule has 0 radical (unpaired) electrons. The fraction of sp³-hybridized carbons (Fsp3) is 0.800. The van der Waals surface area contributed by atoms with Crippen molar-refractivity contribution in [1.29, 1.82) is 0 Å². The Morgan fingerprint density at radius 3 is 2.40 bits per heavy atom. The highest BCUT2D eigenvalue weighted by atomic mass is 16.5. The number of nitrogens with zero attached hydrogens (tertiary/aromatic N) is 1. The maximum absolute atomic E-state index is 9.60. The molecule has 0 aromatic carbocycles. The van der Waals surface area contributed by atoms with Crippen LogP contribution in [0.2, 0.25) is 0 Å². The van der Waals surface area contributed by atoms with Gasteiger partial charge in [0.1, 0.15) is 6.61 Å². The zero-order valence-electron chi connectivity index (χ0n) is 5.56. The predicted octanol–water partition coefficient (Wildman–Crippen LogP) is -1.64. The predicted molar refractivity (Wildman–Crippen MR) is 32.9 cm³/mol. The molecule has 0 fully saturated rings. The monoisotopic (exact) mass is 149 g/mol. The molecule has 60 valence electrons. The number of carbonyl (C=O) groups is 1. The topological polar surface area (TPSA) is 70.0 Å². The van der Waals surface area contributed by atoms with Crippen molar-refractivity contribution in [2.24, 2.45) is 0 Å². The lowest BCUT2D eigenvalue weighted by Gasteiger charge is -2.14. The molecule has 0 bridgehead atoms. The van der Waals surface area contributed by atoms with E-state index >= 15 is 0 Å². The molecular weight excluding hydrogens is 138 g/mol. The summed E-state index contributed by atoms with van der Waals surface area (Å²) in [5.74, 6) is 0.